The van der Waals surface area contributed by atoms with E-state index in [1.54, 1.807) is 25.1 Å². The van der Waals surface area contributed by atoms with Gasteiger partial charge in [-0.3, -0.25) is 9.52 Å². The van der Waals surface area contributed by atoms with Crippen molar-refractivity contribution in [2.75, 3.05) is 10.0 Å². The van der Waals surface area contributed by atoms with Gasteiger partial charge < -0.3 is 10.1 Å². The summed E-state index contributed by atoms with van der Waals surface area (Å²) in [6, 6.07) is 23.1. The minimum Gasteiger partial charge on any atom is -0.481 e. The average molecular weight is 489 g/mol. The highest BCUT2D eigenvalue weighted by molar-refractivity contribution is 7.92. The van der Waals surface area contributed by atoms with Crippen LogP contribution in [0.4, 0.5) is 11.4 Å². The van der Waals surface area contributed by atoms with Crippen molar-refractivity contribution in [3.63, 3.8) is 0 Å². The summed E-state index contributed by atoms with van der Waals surface area (Å²) in [5.74, 6) is 0.346. The summed E-state index contributed by atoms with van der Waals surface area (Å²) in [5, 5.41) is 4.54. The zero-order chi connectivity index (χ0) is 25.2. The van der Waals surface area contributed by atoms with Gasteiger partial charge in [0.15, 0.2) is 6.10 Å². The van der Waals surface area contributed by atoms with Crippen LogP contribution in [0.25, 0.3) is 10.8 Å². The number of aryl methyl sites for hydroxylation is 2. The molecule has 4 aromatic rings. The van der Waals surface area contributed by atoms with Gasteiger partial charge in [-0.1, -0.05) is 42.5 Å². The van der Waals surface area contributed by atoms with Gasteiger partial charge in [0, 0.05) is 11.1 Å². The molecule has 0 radical (unpaired) electrons. The van der Waals surface area contributed by atoms with E-state index in [0.29, 0.717) is 17.1 Å². The number of rotatable bonds is 7. The maximum absolute atomic E-state index is 13.0. The van der Waals surface area contributed by atoms with Gasteiger partial charge >= 0.3 is 0 Å². The lowest BCUT2D eigenvalue weighted by atomic mass is 10.1. The lowest BCUT2D eigenvalue weighted by molar-refractivity contribution is -0.122. The van der Waals surface area contributed by atoms with Crippen LogP contribution in [-0.4, -0.2) is 20.4 Å². The van der Waals surface area contributed by atoms with Gasteiger partial charge in [-0.15, -0.1) is 0 Å². The van der Waals surface area contributed by atoms with Crippen molar-refractivity contribution < 1.29 is 17.9 Å². The van der Waals surface area contributed by atoms with Crippen LogP contribution in [0.5, 0.6) is 5.75 Å². The molecule has 0 bridgehead atoms. The second kappa shape index (κ2) is 9.80. The van der Waals surface area contributed by atoms with Crippen LogP contribution in [-0.2, 0) is 14.8 Å². The molecule has 0 fully saturated rings. The zero-order valence-corrected chi connectivity index (χ0v) is 20.9. The molecule has 2 N–H and O–H groups in total. The van der Waals surface area contributed by atoms with Gasteiger partial charge in [0.05, 0.1) is 10.6 Å². The first kappa shape index (κ1) is 24.3. The summed E-state index contributed by atoms with van der Waals surface area (Å²) in [4.78, 5) is 12.8. The zero-order valence-electron chi connectivity index (χ0n) is 20.1. The van der Waals surface area contributed by atoms with E-state index in [4.69, 9.17) is 4.74 Å². The molecule has 1 amide bonds. The van der Waals surface area contributed by atoms with Gasteiger partial charge in [0.25, 0.3) is 15.9 Å². The number of benzene rings is 4. The molecule has 0 saturated carbocycles. The highest BCUT2D eigenvalue weighted by Gasteiger charge is 2.19. The van der Waals surface area contributed by atoms with E-state index in [2.05, 4.69) is 16.1 Å². The monoisotopic (exact) mass is 488 g/mol. The number of hydrogen-bond acceptors (Lipinski definition) is 4. The molecule has 4 rings (SSSR count). The quantitative estimate of drug-likeness (QED) is 0.336. The van der Waals surface area contributed by atoms with Crippen molar-refractivity contribution in [1.29, 1.82) is 0 Å². The highest BCUT2D eigenvalue weighted by atomic mass is 32.2. The Morgan fingerprint density at radius 1 is 0.886 bits per heavy atom. The summed E-state index contributed by atoms with van der Waals surface area (Å²) >= 11 is 0. The number of carbonyl (C=O) groups is 1. The molecule has 0 aliphatic heterocycles. The number of sulfonamides is 1. The predicted octanol–water partition coefficient (Wildman–Crippen LogP) is 5.97. The van der Waals surface area contributed by atoms with Gasteiger partial charge in [-0.05, 0) is 86.2 Å². The Bertz CT molecular complexity index is 1490. The van der Waals surface area contributed by atoms with Gasteiger partial charge in [0.1, 0.15) is 5.75 Å². The SMILES string of the molecule is Cc1cc(C)c(C)c(O[C@H](C)C(=O)Nc2ccc(S(=O)(=O)Nc3cccc4ccccc34)cc2)c1. The molecule has 180 valence electrons. The van der Waals surface area contributed by atoms with E-state index in [-0.39, 0.29) is 10.8 Å². The predicted molar refractivity (Wildman–Crippen MR) is 141 cm³/mol. The maximum Gasteiger partial charge on any atom is 0.265 e. The van der Waals surface area contributed by atoms with E-state index >= 15 is 0 Å². The summed E-state index contributed by atoms with van der Waals surface area (Å²) in [5.41, 5.74) is 4.13. The number of nitrogens with one attached hydrogen (secondary N) is 2. The van der Waals surface area contributed by atoms with Crippen molar-refractivity contribution in [2.24, 2.45) is 0 Å². The number of ether oxygens (including phenoxy) is 1. The summed E-state index contributed by atoms with van der Waals surface area (Å²) in [7, 11) is -3.81. The molecular weight excluding hydrogens is 460 g/mol. The third-order valence-corrected chi connectivity index (χ3v) is 7.28. The van der Waals surface area contributed by atoms with Crippen molar-refractivity contribution in [3.8, 4) is 5.75 Å². The fourth-order valence-electron chi connectivity index (χ4n) is 3.85. The molecule has 0 spiro atoms. The number of fused-ring (bicyclic) bond motifs is 1. The van der Waals surface area contributed by atoms with Gasteiger partial charge in [-0.2, -0.15) is 0 Å². The summed E-state index contributed by atoms with van der Waals surface area (Å²) in [6.45, 7) is 7.62. The molecule has 0 saturated heterocycles. The minimum atomic E-state index is -3.81. The van der Waals surface area contributed by atoms with Crippen LogP contribution in [0.1, 0.15) is 23.6 Å². The molecule has 4 aromatic carbocycles. The van der Waals surface area contributed by atoms with Crippen molar-refractivity contribution in [1.82, 2.24) is 0 Å². The topological polar surface area (TPSA) is 84.5 Å². The van der Waals surface area contributed by atoms with Crippen LogP contribution in [0.3, 0.4) is 0 Å². The van der Waals surface area contributed by atoms with Gasteiger partial charge in [0.2, 0.25) is 0 Å². The molecular formula is C28H28N2O4S. The smallest absolute Gasteiger partial charge is 0.265 e. The Labute approximate surface area is 206 Å². The minimum absolute atomic E-state index is 0.0959. The number of amides is 1. The molecule has 0 aliphatic carbocycles. The van der Waals surface area contributed by atoms with Crippen molar-refractivity contribution in [2.45, 2.75) is 38.7 Å². The Hall–Kier alpha value is -3.84. The normalized spacial score (nSPS) is 12.2. The molecule has 1 atom stereocenters. The van der Waals surface area contributed by atoms with Crippen LogP contribution < -0.4 is 14.8 Å². The number of anilines is 2. The lowest BCUT2D eigenvalue weighted by Gasteiger charge is -2.18. The molecule has 0 heterocycles. The fourth-order valence-corrected chi connectivity index (χ4v) is 4.93. The first-order chi connectivity index (χ1) is 16.6. The molecule has 0 aromatic heterocycles. The Kier molecular flexibility index (Phi) is 6.80. The second-order valence-electron chi connectivity index (χ2n) is 8.61. The first-order valence-electron chi connectivity index (χ1n) is 11.3. The van der Waals surface area contributed by atoms with Crippen LogP contribution in [0, 0.1) is 20.8 Å². The van der Waals surface area contributed by atoms with E-state index in [1.807, 2.05) is 63.2 Å². The lowest BCUT2D eigenvalue weighted by Crippen LogP contribution is -2.30. The maximum atomic E-state index is 13.0. The Balaban J connectivity index is 1.45. The van der Waals surface area contributed by atoms with Crippen molar-refractivity contribution >= 4 is 38.1 Å². The van der Waals surface area contributed by atoms with E-state index in [9.17, 15) is 13.2 Å². The van der Waals surface area contributed by atoms with Gasteiger partial charge in [-0.25, -0.2) is 8.42 Å². The fraction of sp³-hybridized carbons (Fsp3) is 0.179. The van der Waals surface area contributed by atoms with Crippen LogP contribution in [0.15, 0.2) is 83.8 Å². The molecule has 35 heavy (non-hydrogen) atoms. The summed E-state index contributed by atoms with van der Waals surface area (Å²) < 4.78 is 34.5. The van der Waals surface area contributed by atoms with Crippen LogP contribution >= 0.6 is 0 Å². The third-order valence-electron chi connectivity index (χ3n) is 5.90. The molecule has 0 aliphatic rings. The number of hydrogen-bond donors (Lipinski definition) is 2. The third kappa shape index (κ3) is 5.46. The van der Waals surface area contributed by atoms with Crippen LogP contribution in [0.2, 0.25) is 0 Å². The van der Waals surface area contributed by atoms with Crippen molar-refractivity contribution in [3.05, 3.63) is 95.6 Å². The highest BCUT2D eigenvalue weighted by Crippen LogP contribution is 2.27. The second-order valence-corrected chi connectivity index (χ2v) is 10.3. The number of carbonyl (C=O) groups excluding carboxylic acids is 1. The van der Waals surface area contributed by atoms with E-state index in [1.165, 1.54) is 12.1 Å². The standard InChI is InChI=1S/C28H28N2O4S/c1-18-16-19(2)20(3)27(17-18)34-21(4)28(31)29-23-12-14-24(15-13-23)35(32,33)30-26-11-7-9-22-8-5-6-10-25(22)26/h5-17,21,30H,1-4H3,(H,29,31)/t21-/m1/s1. The molecule has 6 nitrogen and oxygen atoms in total. The Morgan fingerprint density at radius 2 is 1.57 bits per heavy atom. The molecule has 7 heteroatoms. The average Bonchev–Trinajstić information content (AvgIpc) is 2.82. The first-order valence-corrected chi connectivity index (χ1v) is 12.8. The largest absolute Gasteiger partial charge is 0.481 e. The van der Waals surface area contributed by atoms with E-state index in [0.717, 1.165) is 27.5 Å². The molecule has 0 unspecified atom stereocenters. The Morgan fingerprint density at radius 3 is 2.31 bits per heavy atom. The summed E-state index contributed by atoms with van der Waals surface area (Å²) in [6.07, 6.45) is -0.730. The van der Waals surface area contributed by atoms with E-state index < -0.39 is 16.1 Å².